The van der Waals surface area contributed by atoms with Crippen molar-refractivity contribution in [3.63, 3.8) is 0 Å². The van der Waals surface area contributed by atoms with E-state index in [1.165, 1.54) is 0 Å². The molecule has 0 saturated carbocycles. The molecule has 2 aromatic heterocycles. The monoisotopic (exact) mass is 293 g/mol. The molecule has 0 spiro atoms. The predicted molar refractivity (Wildman–Crippen MR) is 81.7 cm³/mol. The number of alkyl halides is 1. The van der Waals surface area contributed by atoms with Crippen LogP contribution < -0.4 is 4.90 Å². The number of aryl methyl sites for hydroxylation is 1. The van der Waals surface area contributed by atoms with Crippen LogP contribution in [0, 0.1) is 6.92 Å². The van der Waals surface area contributed by atoms with Crippen LogP contribution in [0.2, 0.25) is 0 Å². The summed E-state index contributed by atoms with van der Waals surface area (Å²) in [6, 6.07) is 2.10. The van der Waals surface area contributed by atoms with Gasteiger partial charge in [0.1, 0.15) is 5.52 Å². The average Bonchev–Trinajstić information content (AvgIpc) is 2.67. The van der Waals surface area contributed by atoms with E-state index in [1.807, 2.05) is 23.8 Å². The minimum atomic E-state index is 0.704. The molecule has 0 N–H and O–H groups in total. The van der Waals surface area contributed by atoms with Crippen LogP contribution >= 0.6 is 11.6 Å². The zero-order valence-corrected chi connectivity index (χ0v) is 12.6. The molecule has 108 valence electrons. The standard InChI is InChI=1S/C14H20ClN5/c1-12-11-13-14(16-4-8-20(13)17-12)19-6-2-5-18(7-3-15)9-10-19/h4,8,11H,2-3,5-7,9-10H2,1H3. The lowest BCUT2D eigenvalue weighted by atomic mass is 10.3. The van der Waals surface area contributed by atoms with Gasteiger partial charge in [0.2, 0.25) is 0 Å². The molecule has 1 aliphatic heterocycles. The summed E-state index contributed by atoms with van der Waals surface area (Å²) in [5.74, 6) is 1.75. The van der Waals surface area contributed by atoms with Crippen molar-refractivity contribution in [2.45, 2.75) is 13.3 Å². The fourth-order valence-electron chi connectivity index (χ4n) is 2.80. The van der Waals surface area contributed by atoms with E-state index in [2.05, 4.69) is 25.9 Å². The Bertz CT molecular complexity index is 582. The van der Waals surface area contributed by atoms with Crippen LogP contribution in [0.5, 0.6) is 0 Å². The van der Waals surface area contributed by atoms with Crippen LogP contribution in [0.25, 0.3) is 5.52 Å². The summed E-state index contributed by atoms with van der Waals surface area (Å²) in [4.78, 5) is 9.37. The minimum absolute atomic E-state index is 0.704. The lowest BCUT2D eigenvalue weighted by Gasteiger charge is -2.22. The van der Waals surface area contributed by atoms with E-state index in [-0.39, 0.29) is 0 Å². The Labute approximate surface area is 124 Å². The largest absolute Gasteiger partial charge is 0.353 e. The molecule has 0 atom stereocenters. The van der Waals surface area contributed by atoms with Gasteiger partial charge in [0.05, 0.1) is 5.69 Å². The first-order valence-corrected chi connectivity index (χ1v) is 7.65. The van der Waals surface area contributed by atoms with Crippen molar-refractivity contribution in [1.82, 2.24) is 19.5 Å². The number of anilines is 1. The van der Waals surface area contributed by atoms with Gasteiger partial charge in [-0.3, -0.25) is 0 Å². The van der Waals surface area contributed by atoms with E-state index in [4.69, 9.17) is 11.6 Å². The van der Waals surface area contributed by atoms with Crippen molar-refractivity contribution in [2.75, 3.05) is 43.5 Å². The smallest absolute Gasteiger partial charge is 0.154 e. The summed E-state index contributed by atoms with van der Waals surface area (Å²) >= 11 is 5.84. The van der Waals surface area contributed by atoms with Crippen molar-refractivity contribution in [2.24, 2.45) is 0 Å². The van der Waals surface area contributed by atoms with E-state index < -0.39 is 0 Å². The van der Waals surface area contributed by atoms with Gasteiger partial charge in [-0.15, -0.1) is 11.6 Å². The van der Waals surface area contributed by atoms with Crippen molar-refractivity contribution in [3.05, 3.63) is 24.2 Å². The number of nitrogens with zero attached hydrogens (tertiary/aromatic N) is 5. The molecule has 0 aromatic carbocycles. The highest BCUT2D eigenvalue weighted by Gasteiger charge is 2.18. The van der Waals surface area contributed by atoms with E-state index in [9.17, 15) is 0 Å². The van der Waals surface area contributed by atoms with E-state index in [0.717, 1.165) is 56.2 Å². The second kappa shape index (κ2) is 5.97. The molecule has 0 radical (unpaired) electrons. The number of fused-ring (bicyclic) bond motifs is 1. The van der Waals surface area contributed by atoms with Crippen LogP contribution in [-0.4, -0.2) is 58.1 Å². The minimum Gasteiger partial charge on any atom is -0.353 e. The molecule has 0 aliphatic carbocycles. The Morgan fingerprint density at radius 1 is 1.25 bits per heavy atom. The van der Waals surface area contributed by atoms with Gasteiger partial charge in [-0.2, -0.15) is 5.10 Å². The Balaban J connectivity index is 1.84. The van der Waals surface area contributed by atoms with E-state index in [0.29, 0.717) is 5.88 Å². The van der Waals surface area contributed by atoms with Crippen LogP contribution in [0.1, 0.15) is 12.1 Å². The summed E-state index contributed by atoms with van der Waals surface area (Å²) < 4.78 is 1.92. The molecule has 2 aromatic rings. The van der Waals surface area contributed by atoms with Gasteiger partial charge in [0.15, 0.2) is 5.82 Å². The average molecular weight is 294 g/mol. The second-order valence-corrected chi connectivity index (χ2v) is 5.62. The third-order valence-corrected chi connectivity index (χ3v) is 3.95. The lowest BCUT2D eigenvalue weighted by Crippen LogP contribution is -2.32. The number of rotatable bonds is 3. The van der Waals surface area contributed by atoms with Crippen molar-refractivity contribution < 1.29 is 0 Å². The van der Waals surface area contributed by atoms with Crippen LogP contribution in [-0.2, 0) is 0 Å². The molecule has 3 heterocycles. The lowest BCUT2D eigenvalue weighted by molar-refractivity contribution is 0.311. The van der Waals surface area contributed by atoms with E-state index >= 15 is 0 Å². The summed E-state index contributed by atoms with van der Waals surface area (Å²) in [7, 11) is 0. The third kappa shape index (κ3) is 2.74. The van der Waals surface area contributed by atoms with Gasteiger partial charge in [-0.1, -0.05) is 0 Å². The predicted octanol–water partition coefficient (Wildman–Crippen LogP) is 1.79. The molecule has 1 fully saturated rings. The Kier molecular flexibility index (Phi) is 4.08. The molecule has 1 saturated heterocycles. The molecular formula is C14H20ClN5. The first-order chi connectivity index (χ1) is 9.78. The highest BCUT2D eigenvalue weighted by atomic mass is 35.5. The highest BCUT2D eigenvalue weighted by molar-refractivity contribution is 6.18. The molecule has 1 aliphatic rings. The number of aromatic nitrogens is 3. The maximum absolute atomic E-state index is 5.84. The van der Waals surface area contributed by atoms with Crippen molar-refractivity contribution in [3.8, 4) is 0 Å². The molecule has 0 unspecified atom stereocenters. The Morgan fingerprint density at radius 3 is 3.00 bits per heavy atom. The molecule has 0 amide bonds. The van der Waals surface area contributed by atoms with Gasteiger partial charge in [-0.25, -0.2) is 9.50 Å². The normalized spacial score (nSPS) is 17.6. The molecule has 5 nitrogen and oxygen atoms in total. The number of hydrogen-bond acceptors (Lipinski definition) is 4. The Hall–Kier alpha value is -1.33. The maximum Gasteiger partial charge on any atom is 0.154 e. The van der Waals surface area contributed by atoms with Crippen LogP contribution in [0.15, 0.2) is 18.5 Å². The first-order valence-electron chi connectivity index (χ1n) is 7.12. The maximum atomic E-state index is 5.84. The van der Waals surface area contributed by atoms with Gasteiger partial charge in [0, 0.05) is 44.5 Å². The summed E-state index contributed by atoms with van der Waals surface area (Å²) in [5, 5.41) is 4.46. The SMILES string of the molecule is Cc1cc2c(N3CCCN(CCCl)CC3)nccn2n1. The topological polar surface area (TPSA) is 36.7 Å². The molecular weight excluding hydrogens is 274 g/mol. The fourth-order valence-corrected chi connectivity index (χ4v) is 3.04. The first kappa shape index (κ1) is 13.6. The van der Waals surface area contributed by atoms with Gasteiger partial charge in [0.25, 0.3) is 0 Å². The quantitative estimate of drug-likeness (QED) is 0.809. The van der Waals surface area contributed by atoms with E-state index in [1.54, 1.807) is 0 Å². The number of hydrogen-bond donors (Lipinski definition) is 0. The highest BCUT2D eigenvalue weighted by Crippen LogP contribution is 2.20. The zero-order valence-electron chi connectivity index (χ0n) is 11.8. The van der Waals surface area contributed by atoms with Gasteiger partial charge in [-0.05, 0) is 26.0 Å². The molecule has 6 heteroatoms. The van der Waals surface area contributed by atoms with Gasteiger partial charge < -0.3 is 9.80 Å². The zero-order chi connectivity index (χ0) is 13.9. The number of halogens is 1. The van der Waals surface area contributed by atoms with Crippen molar-refractivity contribution in [1.29, 1.82) is 0 Å². The summed E-state index contributed by atoms with van der Waals surface area (Å²) in [6.45, 7) is 7.18. The molecule has 0 bridgehead atoms. The second-order valence-electron chi connectivity index (χ2n) is 5.24. The van der Waals surface area contributed by atoms with Crippen molar-refractivity contribution >= 4 is 22.9 Å². The van der Waals surface area contributed by atoms with Crippen LogP contribution in [0.3, 0.4) is 0 Å². The summed E-state index contributed by atoms with van der Waals surface area (Å²) in [6.07, 6.45) is 4.88. The van der Waals surface area contributed by atoms with Gasteiger partial charge >= 0.3 is 0 Å². The fraction of sp³-hybridized carbons (Fsp3) is 0.571. The molecule has 20 heavy (non-hydrogen) atoms. The molecule has 3 rings (SSSR count). The third-order valence-electron chi connectivity index (χ3n) is 3.78. The Morgan fingerprint density at radius 2 is 2.15 bits per heavy atom. The summed E-state index contributed by atoms with van der Waals surface area (Å²) in [5.41, 5.74) is 2.12. The van der Waals surface area contributed by atoms with Crippen LogP contribution in [0.4, 0.5) is 5.82 Å².